The van der Waals surface area contributed by atoms with Gasteiger partial charge in [0.2, 0.25) is 0 Å². The van der Waals surface area contributed by atoms with Crippen LogP contribution in [0.1, 0.15) is 38.3 Å². The molecule has 0 spiro atoms. The van der Waals surface area contributed by atoms with Crippen molar-refractivity contribution in [1.29, 1.82) is 0 Å². The van der Waals surface area contributed by atoms with E-state index in [1.54, 1.807) is 6.26 Å². The maximum atomic E-state index is 5.31. The van der Waals surface area contributed by atoms with Crippen molar-refractivity contribution in [3.8, 4) is 0 Å². The molecule has 5 heteroatoms. The summed E-state index contributed by atoms with van der Waals surface area (Å²) in [4.78, 5) is 9.05. The Morgan fingerprint density at radius 2 is 1.90 bits per heavy atom. The molecule has 2 rings (SSSR count). The molecule has 0 saturated carbocycles. The molecule has 2 heterocycles. The Balaban J connectivity index is 2.06. The summed E-state index contributed by atoms with van der Waals surface area (Å²) in [5.41, 5.74) is 0. The number of aryl methyl sites for hydroxylation is 1. The number of anilines is 2. The van der Waals surface area contributed by atoms with Crippen LogP contribution < -0.4 is 10.6 Å². The van der Waals surface area contributed by atoms with Crippen LogP contribution in [0.25, 0.3) is 0 Å². The highest BCUT2D eigenvalue weighted by Crippen LogP contribution is 2.14. The zero-order chi connectivity index (χ0) is 14.2. The number of nitrogens with zero attached hydrogens (tertiary/aromatic N) is 2. The number of hydrogen-bond donors (Lipinski definition) is 2. The van der Waals surface area contributed by atoms with E-state index < -0.39 is 0 Å². The fourth-order valence-corrected chi connectivity index (χ4v) is 1.86. The lowest BCUT2D eigenvalue weighted by molar-refractivity contribution is 0.517. The zero-order valence-electron chi connectivity index (χ0n) is 12.1. The molecule has 0 saturated heterocycles. The Labute approximate surface area is 119 Å². The number of furan rings is 1. The van der Waals surface area contributed by atoms with E-state index in [9.17, 15) is 0 Å². The van der Waals surface area contributed by atoms with Gasteiger partial charge in [-0.25, -0.2) is 9.97 Å². The van der Waals surface area contributed by atoms with Crippen molar-refractivity contribution in [2.75, 3.05) is 17.2 Å². The van der Waals surface area contributed by atoms with Crippen molar-refractivity contribution < 1.29 is 4.42 Å². The van der Waals surface area contributed by atoms with Gasteiger partial charge < -0.3 is 15.1 Å². The fourth-order valence-electron chi connectivity index (χ4n) is 1.86. The maximum absolute atomic E-state index is 5.31. The number of aromatic nitrogens is 2. The molecule has 0 bridgehead atoms. The molecule has 20 heavy (non-hydrogen) atoms. The lowest BCUT2D eigenvalue weighted by Gasteiger charge is -2.10. The third-order valence-corrected chi connectivity index (χ3v) is 2.83. The standard InChI is InChI=1S/C15H22N4O/c1-3-6-13-18-14(16-8-4-2)10-15(19-13)17-11-12-7-5-9-20-12/h5,7,9-10H,3-4,6,8,11H2,1-2H3,(H2,16,17,18,19). The summed E-state index contributed by atoms with van der Waals surface area (Å²) in [6.07, 6.45) is 4.67. The van der Waals surface area contributed by atoms with Crippen molar-refractivity contribution in [2.45, 2.75) is 39.7 Å². The summed E-state index contributed by atoms with van der Waals surface area (Å²) in [7, 11) is 0. The molecule has 108 valence electrons. The Morgan fingerprint density at radius 1 is 1.10 bits per heavy atom. The fraction of sp³-hybridized carbons (Fsp3) is 0.467. The van der Waals surface area contributed by atoms with Crippen molar-refractivity contribution in [2.24, 2.45) is 0 Å². The van der Waals surface area contributed by atoms with Gasteiger partial charge in [0.1, 0.15) is 23.2 Å². The van der Waals surface area contributed by atoms with Crippen molar-refractivity contribution in [3.63, 3.8) is 0 Å². The van der Waals surface area contributed by atoms with Crippen LogP contribution in [0.15, 0.2) is 28.9 Å². The first-order chi connectivity index (χ1) is 9.81. The Morgan fingerprint density at radius 3 is 2.55 bits per heavy atom. The molecule has 2 aromatic rings. The minimum absolute atomic E-state index is 0.628. The van der Waals surface area contributed by atoms with Gasteiger partial charge in [-0.3, -0.25) is 0 Å². The molecule has 0 atom stereocenters. The summed E-state index contributed by atoms with van der Waals surface area (Å²) in [5.74, 6) is 3.48. The molecule has 0 radical (unpaired) electrons. The van der Waals surface area contributed by atoms with Crippen molar-refractivity contribution >= 4 is 11.6 Å². The molecule has 0 aliphatic heterocycles. The van der Waals surface area contributed by atoms with Crippen molar-refractivity contribution in [3.05, 3.63) is 36.0 Å². The number of hydrogen-bond acceptors (Lipinski definition) is 5. The molecule has 0 aliphatic rings. The van der Waals surface area contributed by atoms with Gasteiger partial charge in [-0.15, -0.1) is 0 Å². The molecule has 0 fully saturated rings. The molecule has 2 aromatic heterocycles. The van der Waals surface area contributed by atoms with Gasteiger partial charge in [0.05, 0.1) is 12.8 Å². The molecule has 5 nitrogen and oxygen atoms in total. The second-order valence-electron chi connectivity index (χ2n) is 4.66. The van der Waals surface area contributed by atoms with Crippen LogP contribution in [0.3, 0.4) is 0 Å². The SMILES string of the molecule is CCCNc1cc(NCc2ccco2)nc(CCC)n1. The van der Waals surface area contributed by atoms with Gasteiger partial charge in [0, 0.05) is 19.0 Å². The first-order valence-electron chi connectivity index (χ1n) is 7.20. The summed E-state index contributed by atoms with van der Waals surface area (Å²) >= 11 is 0. The average molecular weight is 274 g/mol. The highest BCUT2D eigenvalue weighted by molar-refractivity contribution is 5.47. The summed E-state index contributed by atoms with van der Waals surface area (Å²) in [6, 6.07) is 5.77. The summed E-state index contributed by atoms with van der Waals surface area (Å²) in [5, 5.41) is 6.59. The first kappa shape index (κ1) is 14.4. The number of rotatable bonds is 8. The van der Waals surface area contributed by atoms with E-state index in [2.05, 4.69) is 34.4 Å². The van der Waals surface area contributed by atoms with Crippen LogP contribution >= 0.6 is 0 Å². The lowest BCUT2D eigenvalue weighted by atomic mass is 10.3. The summed E-state index contributed by atoms with van der Waals surface area (Å²) < 4.78 is 5.31. The minimum Gasteiger partial charge on any atom is -0.467 e. The van der Waals surface area contributed by atoms with Crippen LogP contribution in [-0.2, 0) is 13.0 Å². The molecule has 0 aliphatic carbocycles. The smallest absolute Gasteiger partial charge is 0.133 e. The summed E-state index contributed by atoms with van der Waals surface area (Å²) in [6.45, 7) is 5.81. The topological polar surface area (TPSA) is 63.0 Å². The van der Waals surface area contributed by atoms with Gasteiger partial charge in [0.15, 0.2) is 0 Å². The quantitative estimate of drug-likeness (QED) is 0.772. The van der Waals surface area contributed by atoms with Gasteiger partial charge in [0.25, 0.3) is 0 Å². The largest absolute Gasteiger partial charge is 0.467 e. The van der Waals surface area contributed by atoms with Crippen LogP contribution in [0.2, 0.25) is 0 Å². The van der Waals surface area contributed by atoms with E-state index in [1.165, 1.54) is 0 Å². The van der Waals surface area contributed by atoms with Crippen LogP contribution in [-0.4, -0.2) is 16.5 Å². The van der Waals surface area contributed by atoms with Gasteiger partial charge in [-0.05, 0) is 25.0 Å². The van der Waals surface area contributed by atoms with Gasteiger partial charge in [-0.1, -0.05) is 13.8 Å². The Bertz CT molecular complexity index is 511. The normalized spacial score (nSPS) is 10.5. The predicted molar refractivity (Wildman–Crippen MR) is 80.8 cm³/mol. The Hall–Kier alpha value is -2.04. The third-order valence-electron chi connectivity index (χ3n) is 2.83. The second kappa shape index (κ2) is 7.53. The molecular weight excluding hydrogens is 252 g/mol. The van der Waals surface area contributed by atoms with E-state index in [0.717, 1.165) is 49.0 Å². The van der Waals surface area contributed by atoms with E-state index in [-0.39, 0.29) is 0 Å². The molecule has 0 amide bonds. The van der Waals surface area contributed by atoms with E-state index in [0.29, 0.717) is 6.54 Å². The second-order valence-corrected chi connectivity index (χ2v) is 4.66. The average Bonchev–Trinajstić information content (AvgIpc) is 2.96. The minimum atomic E-state index is 0.628. The first-order valence-corrected chi connectivity index (χ1v) is 7.20. The van der Waals surface area contributed by atoms with Crippen LogP contribution in [0.5, 0.6) is 0 Å². The molecule has 0 aromatic carbocycles. The van der Waals surface area contributed by atoms with Crippen LogP contribution in [0, 0.1) is 0 Å². The predicted octanol–water partition coefficient (Wildman–Crippen LogP) is 3.46. The highest BCUT2D eigenvalue weighted by Gasteiger charge is 2.04. The molecule has 0 unspecified atom stereocenters. The van der Waals surface area contributed by atoms with E-state index in [4.69, 9.17) is 4.42 Å². The van der Waals surface area contributed by atoms with Crippen LogP contribution in [0.4, 0.5) is 11.6 Å². The molecular formula is C15H22N4O. The zero-order valence-corrected chi connectivity index (χ0v) is 12.1. The molecule has 2 N–H and O–H groups in total. The van der Waals surface area contributed by atoms with Crippen molar-refractivity contribution in [1.82, 2.24) is 9.97 Å². The van der Waals surface area contributed by atoms with Gasteiger partial charge >= 0.3 is 0 Å². The number of nitrogens with one attached hydrogen (secondary N) is 2. The lowest BCUT2D eigenvalue weighted by Crippen LogP contribution is -2.08. The third kappa shape index (κ3) is 4.26. The maximum Gasteiger partial charge on any atom is 0.133 e. The monoisotopic (exact) mass is 274 g/mol. The van der Waals surface area contributed by atoms with E-state index >= 15 is 0 Å². The van der Waals surface area contributed by atoms with E-state index in [1.807, 2.05) is 18.2 Å². The highest BCUT2D eigenvalue weighted by atomic mass is 16.3. The van der Waals surface area contributed by atoms with Gasteiger partial charge in [-0.2, -0.15) is 0 Å². The Kier molecular flexibility index (Phi) is 5.41.